The molecule has 1 nitrogen and oxygen atoms in total. The average Bonchev–Trinajstić information content (AvgIpc) is 2.14. The maximum absolute atomic E-state index is 13.0. The summed E-state index contributed by atoms with van der Waals surface area (Å²) in [5, 5.41) is 0. The summed E-state index contributed by atoms with van der Waals surface area (Å²) in [6, 6.07) is 0. The number of hydrogen-bond acceptors (Lipinski definition) is 1. The molecule has 13 heavy (non-hydrogen) atoms. The van der Waals surface area contributed by atoms with Gasteiger partial charge in [-0.05, 0) is 13.3 Å². The van der Waals surface area contributed by atoms with Gasteiger partial charge in [0.25, 0.3) is 0 Å². The van der Waals surface area contributed by atoms with Crippen LogP contribution < -0.4 is 0 Å². The minimum absolute atomic E-state index is 0.410. The molecular weight excluding hydrogens is 165 g/mol. The first-order valence-corrected chi connectivity index (χ1v) is 4.65. The molecule has 0 aromatic rings. The van der Waals surface area contributed by atoms with Crippen molar-refractivity contribution in [3.8, 4) is 12.3 Å². The molecule has 1 atom stereocenters. The van der Waals surface area contributed by atoms with Crippen molar-refractivity contribution < 1.29 is 4.39 Å². The van der Waals surface area contributed by atoms with Crippen molar-refractivity contribution in [3.05, 3.63) is 12.3 Å². The summed E-state index contributed by atoms with van der Waals surface area (Å²) < 4.78 is 13.0. The highest BCUT2D eigenvalue weighted by molar-refractivity contribution is 5.05. The molecule has 0 aromatic heterocycles. The fourth-order valence-electron chi connectivity index (χ4n) is 1.08. The minimum atomic E-state index is -0.783. The SMILES string of the molecule is C#CCC(=C)N(CC)C[C@@H](F)CC. The fourth-order valence-corrected chi connectivity index (χ4v) is 1.08. The van der Waals surface area contributed by atoms with E-state index in [-0.39, 0.29) is 0 Å². The molecule has 0 bridgehead atoms. The van der Waals surface area contributed by atoms with E-state index >= 15 is 0 Å². The summed E-state index contributed by atoms with van der Waals surface area (Å²) in [6.45, 7) is 8.81. The Balaban J connectivity index is 4.03. The molecular formula is C11H18FN. The van der Waals surface area contributed by atoms with Crippen molar-refractivity contribution in [1.29, 1.82) is 0 Å². The molecule has 0 spiro atoms. The molecule has 0 amide bonds. The molecule has 0 aliphatic carbocycles. The summed E-state index contributed by atoms with van der Waals surface area (Å²) in [5.41, 5.74) is 0.834. The maximum Gasteiger partial charge on any atom is 0.117 e. The molecule has 0 saturated heterocycles. The van der Waals surface area contributed by atoms with E-state index in [0.717, 1.165) is 12.2 Å². The van der Waals surface area contributed by atoms with Crippen molar-refractivity contribution in [2.75, 3.05) is 13.1 Å². The van der Waals surface area contributed by atoms with Crippen LogP contribution in [0.5, 0.6) is 0 Å². The van der Waals surface area contributed by atoms with Gasteiger partial charge in [-0.1, -0.05) is 13.5 Å². The van der Waals surface area contributed by atoms with Gasteiger partial charge in [0.15, 0.2) is 0 Å². The third-order valence-electron chi connectivity index (χ3n) is 2.00. The van der Waals surface area contributed by atoms with E-state index in [2.05, 4.69) is 12.5 Å². The van der Waals surface area contributed by atoms with Gasteiger partial charge in [-0.2, -0.15) is 0 Å². The standard InChI is InChI=1S/C11H18FN/c1-5-8-10(4)13(7-3)9-11(12)6-2/h1,11H,4,6-9H2,2-3H3/t11-/m0/s1. The Kier molecular flexibility index (Phi) is 6.05. The lowest BCUT2D eigenvalue weighted by Crippen LogP contribution is -2.29. The molecule has 0 heterocycles. The van der Waals surface area contributed by atoms with Crippen molar-refractivity contribution >= 4 is 0 Å². The maximum atomic E-state index is 13.0. The lowest BCUT2D eigenvalue weighted by atomic mass is 10.2. The molecule has 0 rings (SSSR count). The number of hydrogen-bond donors (Lipinski definition) is 0. The predicted octanol–water partition coefficient (Wildman–Crippen LogP) is 2.59. The van der Waals surface area contributed by atoms with Crippen LogP contribution in [0.1, 0.15) is 26.7 Å². The summed E-state index contributed by atoms with van der Waals surface area (Å²) in [4.78, 5) is 1.90. The molecule has 0 radical (unpaired) electrons. The van der Waals surface area contributed by atoms with Crippen molar-refractivity contribution in [2.24, 2.45) is 0 Å². The zero-order valence-corrected chi connectivity index (χ0v) is 8.52. The van der Waals surface area contributed by atoms with E-state index in [1.54, 1.807) is 0 Å². The van der Waals surface area contributed by atoms with Gasteiger partial charge in [0, 0.05) is 25.2 Å². The Bertz CT molecular complexity index is 193. The lowest BCUT2D eigenvalue weighted by molar-refractivity contribution is 0.226. The van der Waals surface area contributed by atoms with Crippen LogP contribution in [0.2, 0.25) is 0 Å². The van der Waals surface area contributed by atoms with Gasteiger partial charge in [-0.25, -0.2) is 4.39 Å². The second-order valence-electron chi connectivity index (χ2n) is 2.99. The Labute approximate surface area is 80.6 Å². The smallest absolute Gasteiger partial charge is 0.117 e. The molecule has 0 aliphatic heterocycles. The average molecular weight is 183 g/mol. The van der Waals surface area contributed by atoms with E-state index < -0.39 is 6.17 Å². The quantitative estimate of drug-likeness (QED) is 0.572. The highest BCUT2D eigenvalue weighted by Gasteiger charge is 2.10. The molecule has 0 saturated carbocycles. The zero-order chi connectivity index (χ0) is 10.3. The van der Waals surface area contributed by atoms with Gasteiger partial charge >= 0.3 is 0 Å². The van der Waals surface area contributed by atoms with E-state index in [9.17, 15) is 4.39 Å². The van der Waals surface area contributed by atoms with Crippen LogP contribution in [-0.2, 0) is 0 Å². The first-order valence-electron chi connectivity index (χ1n) is 4.65. The number of terminal acetylenes is 1. The minimum Gasteiger partial charge on any atom is -0.372 e. The van der Waals surface area contributed by atoms with Gasteiger partial charge in [-0.3, -0.25) is 0 Å². The number of allylic oxidation sites excluding steroid dienone is 1. The molecule has 74 valence electrons. The topological polar surface area (TPSA) is 3.24 Å². The van der Waals surface area contributed by atoms with Gasteiger partial charge in [0.1, 0.15) is 6.17 Å². The monoisotopic (exact) mass is 183 g/mol. The van der Waals surface area contributed by atoms with Crippen LogP contribution in [0.3, 0.4) is 0 Å². The van der Waals surface area contributed by atoms with E-state index in [1.165, 1.54) is 0 Å². The largest absolute Gasteiger partial charge is 0.372 e. The lowest BCUT2D eigenvalue weighted by Gasteiger charge is -2.25. The highest BCUT2D eigenvalue weighted by atomic mass is 19.1. The fraction of sp³-hybridized carbons (Fsp3) is 0.636. The van der Waals surface area contributed by atoms with Gasteiger partial charge in [-0.15, -0.1) is 12.3 Å². The van der Waals surface area contributed by atoms with Crippen molar-refractivity contribution in [3.63, 3.8) is 0 Å². The molecule has 0 aromatic carbocycles. The van der Waals surface area contributed by atoms with Crippen LogP contribution >= 0.6 is 0 Å². The van der Waals surface area contributed by atoms with Gasteiger partial charge < -0.3 is 4.90 Å². The molecule has 0 aliphatic rings. The second kappa shape index (κ2) is 6.54. The van der Waals surface area contributed by atoms with E-state index in [4.69, 9.17) is 6.42 Å². The molecule has 0 fully saturated rings. The predicted molar refractivity (Wildman–Crippen MR) is 55.0 cm³/mol. The summed E-state index contributed by atoms with van der Waals surface area (Å²) in [7, 11) is 0. The van der Waals surface area contributed by atoms with Crippen LogP contribution in [0.25, 0.3) is 0 Å². The third-order valence-corrected chi connectivity index (χ3v) is 2.00. The van der Waals surface area contributed by atoms with Gasteiger partial charge in [0.2, 0.25) is 0 Å². The molecule has 2 heteroatoms. The van der Waals surface area contributed by atoms with Crippen LogP contribution in [0.15, 0.2) is 12.3 Å². The third kappa shape index (κ3) is 4.57. The molecule has 0 unspecified atom stereocenters. The second-order valence-corrected chi connectivity index (χ2v) is 2.99. The van der Waals surface area contributed by atoms with Crippen LogP contribution in [-0.4, -0.2) is 24.2 Å². The number of nitrogens with zero attached hydrogens (tertiary/aromatic N) is 1. The Hall–Kier alpha value is -0.970. The zero-order valence-electron chi connectivity index (χ0n) is 8.52. The molecule has 0 N–H and O–H groups in total. The number of rotatable bonds is 6. The summed E-state index contributed by atoms with van der Waals surface area (Å²) in [5.74, 6) is 2.51. The van der Waals surface area contributed by atoms with Crippen molar-refractivity contribution in [2.45, 2.75) is 32.9 Å². The van der Waals surface area contributed by atoms with E-state index in [1.807, 2.05) is 18.7 Å². The first kappa shape index (κ1) is 12.0. The number of halogens is 1. The van der Waals surface area contributed by atoms with Gasteiger partial charge in [0.05, 0.1) is 0 Å². The Morgan fingerprint density at radius 1 is 1.62 bits per heavy atom. The number of alkyl halides is 1. The highest BCUT2D eigenvalue weighted by Crippen LogP contribution is 2.09. The van der Waals surface area contributed by atoms with Crippen LogP contribution in [0, 0.1) is 12.3 Å². The Morgan fingerprint density at radius 3 is 2.62 bits per heavy atom. The summed E-state index contributed by atoms with van der Waals surface area (Å²) >= 11 is 0. The normalized spacial score (nSPS) is 11.8. The first-order chi connectivity index (χ1) is 6.15. The Morgan fingerprint density at radius 2 is 2.23 bits per heavy atom. The van der Waals surface area contributed by atoms with Crippen LogP contribution in [0.4, 0.5) is 4.39 Å². The van der Waals surface area contributed by atoms with E-state index in [0.29, 0.717) is 19.4 Å². The summed E-state index contributed by atoms with van der Waals surface area (Å²) in [6.07, 6.45) is 5.42. The van der Waals surface area contributed by atoms with Crippen molar-refractivity contribution in [1.82, 2.24) is 4.90 Å².